The summed E-state index contributed by atoms with van der Waals surface area (Å²) in [6.45, 7) is 1.91. The first-order valence-electron chi connectivity index (χ1n) is 4.32. The lowest BCUT2D eigenvalue weighted by Gasteiger charge is -2.05. The predicted octanol–water partition coefficient (Wildman–Crippen LogP) is 1.81. The maximum absolute atomic E-state index is 12.8. The van der Waals surface area contributed by atoms with Crippen LogP contribution in [0.25, 0.3) is 0 Å². The second kappa shape index (κ2) is 4.23. The van der Waals surface area contributed by atoms with Crippen LogP contribution >= 0.6 is 0 Å². The van der Waals surface area contributed by atoms with Crippen LogP contribution in [0.2, 0.25) is 0 Å². The van der Waals surface area contributed by atoms with E-state index in [2.05, 4.69) is 0 Å². The van der Waals surface area contributed by atoms with Gasteiger partial charge in [-0.15, -0.1) is 0 Å². The van der Waals surface area contributed by atoms with Crippen molar-refractivity contribution in [3.63, 3.8) is 0 Å². The van der Waals surface area contributed by atoms with Gasteiger partial charge in [-0.05, 0) is 37.5 Å². The minimum atomic E-state index is -0.567. The average molecular weight is 183 g/mol. The molecular formula is C10H14FNO. The molecule has 0 aromatic heterocycles. The Morgan fingerprint density at radius 2 is 2.23 bits per heavy atom. The van der Waals surface area contributed by atoms with E-state index in [1.807, 2.05) is 6.92 Å². The Bertz CT molecular complexity index is 286. The molecule has 1 atom stereocenters. The minimum Gasteiger partial charge on any atom is -0.505 e. The number of rotatable bonds is 3. The second-order valence-electron chi connectivity index (χ2n) is 3.30. The molecule has 13 heavy (non-hydrogen) atoms. The number of halogens is 1. The maximum atomic E-state index is 12.8. The molecule has 0 radical (unpaired) electrons. The van der Waals surface area contributed by atoms with Gasteiger partial charge in [0, 0.05) is 6.04 Å². The van der Waals surface area contributed by atoms with Gasteiger partial charge in [0.2, 0.25) is 0 Å². The molecule has 2 nitrogen and oxygen atoms in total. The Morgan fingerprint density at radius 1 is 1.54 bits per heavy atom. The number of aromatic hydroxyl groups is 1. The SMILES string of the molecule is C[C@H](N)CCc1ccc(O)c(F)c1. The quantitative estimate of drug-likeness (QED) is 0.750. The Hall–Kier alpha value is -1.09. The van der Waals surface area contributed by atoms with Crippen LogP contribution in [0.1, 0.15) is 18.9 Å². The van der Waals surface area contributed by atoms with E-state index in [1.54, 1.807) is 6.07 Å². The van der Waals surface area contributed by atoms with Crippen LogP contribution in [0.3, 0.4) is 0 Å². The first-order chi connectivity index (χ1) is 6.09. The zero-order valence-electron chi connectivity index (χ0n) is 7.63. The third kappa shape index (κ3) is 3.03. The molecule has 0 aliphatic heterocycles. The molecule has 0 aliphatic carbocycles. The summed E-state index contributed by atoms with van der Waals surface area (Å²) in [4.78, 5) is 0. The zero-order valence-corrected chi connectivity index (χ0v) is 7.63. The standard InChI is InChI=1S/C10H14FNO/c1-7(12)2-3-8-4-5-10(13)9(11)6-8/h4-7,13H,2-3,12H2,1H3/t7-/m0/s1. The van der Waals surface area contributed by atoms with Crippen molar-refractivity contribution in [2.45, 2.75) is 25.8 Å². The summed E-state index contributed by atoms with van der Waals surface area (Å²) in [7, 11) is 0. The van der Waals surface area contributed by atoms with Gasteiger partial charge in [-0.25, -0.2) is 4.39 Å². The molecule has 1 aromatic carbocycles. The van der Waals surface area contributed by atoms with Crippen molar-refractivity contribution in [3.8, 4) is 5.75 Å². The largest absolute Gasteiger partial charge is 0.505 e. The summed E-state index contributed by atoms with van der Waals surface area (Å²) in [5, 5.41) is 8.92. The van der Waals surface area contributed by atoms with Crippen LogP contribution in [0.5, 0.6) is 5.75 Å². The van der Waals surface area contributed by atoms with Crippen LogP contribution in [-0.4, -0.2) is 11.1 Å². The van der Waals surface area contributed by atoms with Gasteiger partial charge in [-0.1, -0.05) is 6.07 Å². The third-order valence-corrected chi connectivity index (χ3v) is 1.90. The van der Waals surface area contributed by atoms with Crippen molar-refractivity contribution in [2.75, 3.05) is 0 Å². The molecule has 0 spiro atoms. The van der Waals surface area contributed by atoms with Gasteiger partial charge in [0.25, 0.3) is 0 Å². The molecule has 0 unspecified atom stereocenters. The molecule has 0 aliphatic rings. The van der Waals surface area contributed by atoms with E-state index in [4.69, 9.17) is 10.8 Å². The summed E-state index contributed by atoms with van der Waals surface area (Å²) in [6.07, 6.45) is 1.57. The maximum Gasteiger partial charge on any atom is 0.165 e. The van der Waals surface area contributed by atoms with Gasteiger partial charge >= 0.3 is 0 Å². The molecule has 0 bridgehead atoms. The van der Waals surface area contributed by atoms with E-state index in [0.29, 0.717) is 0 Å². The molecule has 0 saturated heterocycles. The van der Waals surface area contributed by atoms with Gasteiger partial charge in [-0.2, -0.15) is 0 Å². The average Bonchev–Trinajstić information content (AvgIpc) is 2.07. The lowest BCUT2D eigenvalue weighted by atomic mass is 10.1. The molecule has 3 heteroatoms. The number of nitrogens with two attached hydrogens (primary N) is 1. The monoisotopic (exact) mass is 183 g/mol. The zero-order chi connectivity index (χ0) is 9.84. The molecule has 1 rings (SSSR count). The normalized spacial score (nSPS) is 12.8. The summed E-state index contributed by atoms with van der Waals surface area (Å²) in [5.41, 5.74) is 6.43. The summed E-state index contributed by atoms with van der Waals surface area (Å²) in [6, 6.07) is 4.54. The van der Waals surface area contributed by atoms with Gasteiger partial charge in [-0.3, -0.25) is 0 Å². The van der Waals surface area contributed by atoms with Crippen LogP contribution in [0.15, 0.2) is 18.2 Å². The fraction of sp³-hybridized carbons (Fsp3) is 0.400. The van der Waals surface area contributed by atoms with Crippen LogP contribution in [0, 0.1) is 5.82 Å². The molecule has 0 heterocycles. The lowest BCUT2D eigenvalue weighted by Crippen LogP contribution is -2.15. The fourth-order valence-corrected chi connectivity index (χ4v) is 1.10. The van der Waals surface area contributed by atoms with E-state index in [1.165, 1.54) is 12.1 Å². The molecule has 1 aromatic rings. The van der Waals surface area contributed by atoms with E-state index in [9.17, 15) is 4.39 Å². The van der Waals surface area contributed by atoms with E-state index in [0.717, 1.165) is 18.4 Å². The molecule has 3 N–H and O–H groups in total. The Balaban J connectivity index is 2.63. The summed E-state index contributed by atoms with van der Waals surface area (Å²) < 4.78 is 12.8. The van der Waals surface area contributed by atoms with Crippen LogP contribution in [0.4, 0.5) is 4.39 Å². The summed E-state index contributed by atoms with van der Waals surface area (Å²) >= 11 is 0. The van der Waals surface area contributed by atoms with Crippen molar-refractivity contribution in [3.05, 3.63) is 29.6 Å². The topological polar surface area (TPSA) is 46.2 Å². The van der Waals surface area contributed by atoms with Crippen molar-refractivity contribution in [1.29, 1.82) is 0 Å². The van der Waals surface area contributed by atoms with E-state index in [-0.39, 0.29) is 11.8 Å². The van der Waals surface area contributed by atoms with Crippen molar-refractivity contribution >= 4 is 0 Å². The number of phenols is 1. The molecule has 72 valence electrons. The Kier molecular flexibility index (Phi) is 3.25. The van der Waals surface area contributed by atoms with Gasteiger partial charge in [0.1, 0.15) is 0 Å². The highest BCUT2D eigenvalue weighted by atomic mass is 19.1. The fourth-order valence-electron chi connectivity index (χ4n) is 1.10. The smallest absolute Gasteiger partial charge is 0.165 e. The number of benzene rings is 1. The highest BCUT2D eigenvalue weighted by Gasteiger charge is 2.02. The number of phenolic OH excluding ortho intramolecular Hbond substituents is 1. The third-order valence-electron chi connectivity index (χ3n) is 1.90. The Labute approximate surface area is 77.2 Å². The van der Waals surface area contributed by atoms with E-state index < -0.39 is 5.82 Å². The number of hydrogen-bond donors (Lipinski definition) is 2. The van der Waals surface area contributed by atoms with Gasteiger partial charge in [0.05, 0.1) is 0 Å². The highest BCUT2D eigenvalue weighted by Crippen LogP contribution is 2.17. The first kappa shape index (κ1) is 9.99. The first-order valence-corrected chi connectivity index (χ1v) is 4.32. The van der Waals surface area contributed by atoms with Crippen molar-refractivity contribution in [2.24, 2.45) is 5.73 Å². The number of aryl methyl sites for hydroxylation is 1. The molecule has 0 amide bonds. The van der Waals surface area contributed by atoms with Crippen LogP contribution in [-0.2, 0) is 6.42 Å². The van der Waals surface area contributed by atoms with Crippen LogP contribution < -0.4 is 5.73 Å². The highest BCUT2D eigenvalue weighted by molar-refractivity contribution is 5.28. The molecule has 0 fully saturated rings. The van der Waals surface area contributed by atoms with Crippen molar-refractivity contribution in [1.82, 2.24) is 0 Å². The second-order valence-corrected chi connectivity index (χ2v) is 3.30. The minimum absolute atomic E-state index is 0.122. The lowest BCUT2D eigenvalue weighted by molar-refractivity contribution is 0.431. The Morgan fingerprint density at radius 3 is 2.77 bits per heavy atom. The predicted molar refractivity (Wildman–Crippen MR) is 50.0 cm³/mol. The molecule has 0 saturated carbocycles. The van der Waals surface area contributed by atoms with Crippen molar-refractivity contribution < 1.29 is 9.50 Å². The number of hydrogen-bond acceptors (Lipinski definition) is 2. The van der Waals surface area contributed by atoms with E-state index >= 15 is 0 Å². The molecular weight excluding hydrogens is 169 g/mol. The van der Waals surface area contributed by atoms with Gasteiger partial charge < -0.3 is 10.8 Å². The van der Waals surface area contributed by atoms with Gasteiger partial charge in [0.15, 0.2) is 11.6 Å². The summed E-state index contributed by atoms with van der Waals surface area (Å²) in [5.74, 6) is -0.869.